The van der Waals surface area contributed by atoms with Crippen molar-refractivity contribution in [3.05, 3.63) is 41.5 Å². The van der Waals surface area contributed by atoms with Crippen LogP contribution in [0.1, 0.15) is 60.3 Å². The Morgan fingerprint density at radius 1 is 1.38 bits per heavy atom. The Hall–Kier alpha value is -2.28. The second-order valence-electron chi connectivity index (χ2n) is 7.65. The molecule has 138 valence electrons. The van der Waals surface area contributed by atoms with E-state index in [1.807, 2.05) is 29.9 Å². The molecule has 2 atom stereocenters. The number of aliphatic hydroxyl groups is 1. The molecule has 7 nitrogen and oxygen atoms in total. The Kier molecular flexibility index (Phi) is 4.48. The number of carbonyl (C=O) groups excluding carboxylic acids is 1. The van der Waals surface area contributed by atoms with E-state index in [2.05, 4.69) is 20.6 Å². The number of hydrogen-bond donors (Lipinski definition) is 2. The summed E-state index contributed by atoms with van der Waals surface area (Å²) < 4.78 is 1.81. The zero-order chi connectivity index (χ0) is 18.1. The highest BCUT2D eigenvalue weighted by Crippen LogP contribution is 2.39. The van der Waals surface area contributed by atoms with E-state index in [0.717, 1.165) is 44.1 Å². The molecule has 0 saturated heterocycles. The van der Waals surface area contributed by atoms with Crippen LogP contribution in [-0.4, -0.2) is 37.0 Å². The van der Waals surface area contributed by atoms with Gasteiger partial charge in [-0.3, -0.25) is 14.5 Å². The molecule has 4 rings (SSSR count). The Morgan fingerprint density at radius 2 is 2.23 bits per heavy atom. The number of rotatable bonds is 5. The fraction of sp³-hybridized carbons (Fsp3) is 0.579. The van der Waals surface area contributed by atoms with Crippen LogP contribution in [0.5, 0.6) is 0 Å². The molecule has 7 heteroatoms. The van der Waals surface area contributed by atoms with E-state index in [9.17, 15) is 9.90 Å². The van der Waals surface area contributed by atoms with Gasteiger partial charge in [0.2, 0.25) is 0 Å². The van der Waals surface area contributed by atoms with E-state index in [0.29, 0.717) is 23.9 Å². The minimum Gasteiger partial charge on any atom is -0.383 e. The molecular formula is C19H25N5O2. The standard InChI is InChI=1S/C19H25N5O2/c1-13-5-3-10-20-17(13)18(25)21-15-7-2-6-14(15)11-24-12-16(22-23-24)19(26)8-4-9-19/h3,5,10,12,14-15,26H,2,4,6-9,11H2,1H3,(H,21,25)/t14-,15-/m1/s1. The summed E-state index contributed by atoms with van der Waals surface area (Å²) in [4.78, 5) is 16.8. The fourth-order valence-corrected chi connectivity index (χ4v) is 4.01. The van der Waals surface area contributed by atoms with Crippen molar-refractivity contribution in [2.75, 3.05) is 0 Å². The van der Waals surface area contributed by atoms with Gasteiger partial charge in [0.15, 0.2) is 0 Å². The largest absolute Gasteiger partial charge is 0.383 e. The first-order chi connectivity index (χ1) is 12.5. The minimum atomic E-state index is -0.780. The highest BCUT2D eigenvalue weighted by atomic mass is 16.3. The van der Waals surface area contributed by atoms with Crippen LogP contribution in [0.3, 0.4) is 0 Å². The second kappa shape index (κ2) is 6.79. The van der Waals surface area contributed by atoms with Crippen LogP contribution in [0.25, 0.3) is 0 Å². The maximum absolute atomic E-state index is 12.6. The molecule has 2 aromatic rings. The Balaban J connectivity index is 1.41. The molecule has 0 radical (unpaired) electrons. The lowest BCUT2D eigenvalue weighted by atomic mass is 9.78. The van der Waals surface area contributed by atoms with Crippen molar-refractivity contribution in [2.45, 2.75) is 63.6 Å². The summed E-state index contributed by atoms with van der Waals surface area (Å²) >= 11 is 0. The highest BCUT2D eigenvalue weighted by Gasteiger charge is 2.39. The predicted molar refractivity (Wildman–Crippen MR) is 95.3 cm³/mol. The number of aryl methyl sites for hydroxylation is 1. The second-order valence-corrected chi connectivity index (χ2v) is 7.65. The van der Waals surface area contributed by atoms with Gasteiger partial charge in [0, 0.05) is 18.8 Å². The van der Waals surface area contributed by atoms with Crippen LogP contribution in [0.15, 0.2) is 24.5 Å². The maximum atomic E-state index is 12.6. The molecule has 1 amide bonds. The minimum absolute atomic E-state index is 0.108. The van der Waals surface area contributed by atoms with Crippen molar-refractivity contribution in [1.82, 2.24) is 25.3 Å². The van der Waals surface area contributed by atoms with Crippen molar-refractivity contribution < 1.29 is 9.90 Å². The smallest absolute Gasteiger partial charge is 0.270 e. The topological polar surface area (TPSA) is 92.9 Å². The Morgan fingerprint density at radius 3 is 2.96 bits per heavy atom. The highest BCUT2D eigenvalue weighted by molar-refractivity contribution is 5.93. The lowest BCUT2D eigenvalue weighted by Crippen LogP contribution is -2.39. The first-order valence-corrected chi connectivity index (χ1v) is 9.41. The Bertz CT molecular complexity index is 799. The Labute approximate surface area is 152 Å². The third-order valence-electron chi connectivity index (χ3n) is 5.82. The average molecular weight is 355 g/mol. The number of aromatic nitrogens is 4. The molecule has 2 saturated carbocycles. The number of nitrogens with zero attached hydrogens (tertiary/aromatic N) is 4. The molecule has 2 aliphatic rings. The van der Waals surface area contributed by atoms with Gasteiger partial charge in [-0.1, -0.05) is 17.7 Å². The van der Waals surface area contributed by atoms with E-state index < -0.39 is 5.60 Å². The van der Waals surface area contributed by atoms with Crippen LogP contribution in [-0.2, 0) is 12.1 Å². The van der Waals surface area contributed by atoms with Crippen molar-refractivity contribution in [1.29, 1.82) is 0 Å². The van der Waals surface area contributed by atoms with E-state index in [1.54, 1.807) is 6.20 Å². The molecule has 2 N–H and O–H groups in total. The third kappa shape index (κ3) is 3.23. The molecule has 0 aromatic carbocycles. The van der Waals surface area contributed by atoms with Crippen LogP contribution >= 0.6 is 0 Å². The average Bonchev–Trinajstić information content (AvgIpc) is 3.24. The number of pyridine rings is 1. The summed E-state index contributed by atoms with van der Waals surface area (Å²) in [5.41, 5.74) is 1.27. The molecule has 2 aromatic heterocycles. The summed E-state index contributed by atoms with van der Waals surface area (Å²) in [6, 6.07) is 3.85. The summed E-state index contributed by atoms with van der Waals surface area (Å²) in [6.45, 7) is 2.60. The summed E-state index contributed by atoms with van der Waals surface area (Å²) in [5.74, 6) is 0.205. The molecule has 2 fully saturated rings. The van der Waals surface area contributed by atoms with E-state index in [1.165, 1.54) is 0 Å². The first-order valence-electron chi connectivity index (χ1n) is 9.41. The van der Waals surface area contributed by atoms with Gasteiger partial charge in [-0.05, 0) is 56.6 Å². The SMILES string of the molecule is Cc1cccnc1C(=O)N[C@@H]1CCC[C@@H]1Cn1cc(C2(O)CCC2)nn1. The van der Waals surface area contributed by atoms with E-state index in [-0.39, 0.29) is 11.9 Å². The summed E-state index contributed by atoms with van der Waals surface area (Å²) in [7, 11) is 0. The monoisotopic (exact) mass is 355 g/mol. The zero-order valence-electron chi connectivity index (χ0n) is 15.1. The van der Waals surface area contributed by atoms with Gasteiger partial charge in [0.1, 0.15) is 17.0 Å². The van der Waals surface area contributed by atoms with Crippen LogP contribution < -0.4 is 5.32 Å². The van der Waals surface area contributed by atoms with E-state index >= 15 is 0 Å². The van der Waals surface area contributed by atoms with Gasteiger partial charge in [-0.2, -0.15) is 0 Å². The molecule has 2 heterocycles. The third-order valence-corrected chi connectivity index (χ3v) is 5.82. The maximum Gasteiger partial charge on any atom is 0.270 e. The molecular weight excluding hydrogens is 330 g/mol. The number of nitrogens with one attached hydrogen (secondary N) is 1. The molecule has 0 unspecified atom stereocenters. The molecule has 2 aliphatic carbocycles. The normalized spacial score (nSPS) is 24.2. The van der Waals surface area contributed by atoms with Crippen molar-refractivity contribution in [3.63, 3.8) is 0 Å². The number of amides is 1. The molecule has 0 spiro atoms. The van der Waals surface area contributed by atoms with Gasteiger partial charge in [0.25, 0.3) is 5.91 Å². The van der Waals surface area contributed by atoms with Crippen molar-refractivity contribution in [3.8, 4) is 0 Å². The van der Waals surface area contributed by atoms with Gasteiger partial charge in [-0.15, -0.1) is 5.10 Å². The van der Waals surface area contributed by atoms with Gasteiger partial charge >= 0.3 is 0 Å². The lowest BCUT2D eigenvalue weighted by Gasteiger charge is -2.34. The van der Waals surface area contributed by atoms with Crippen LogP contribution in [0, 0.1) is 12.8 Å². The molecule has 0 bridgehead atoms. The number of hydrogen-bond acceptors (Lipinski definition) is 5. The predicted octanol–water partition coefficient (Wildman–Crippen LogP) is 1.95. The van der Waals surface area contributed by atoms with Crippen molar-refractivity contribution >= 4 is 5.91 Å². The van der Waals surface area contributed by atoms with E-state index in [4.69, 9.17) is 0 Å². The van der Waals surface area contributed by atoms with Gasteiger partial charge in [-0.25, -0.2) is 0 Å². The summed E-state index contributed by atoms with van der Waals surface area (Å²) in [5, 5.41) is 21.9. The first kappa shape index (κ1) is 17.1. The molecule has 26 heavy (non-hydrogen) atoms. The van der Waals surface area contributed by atoms with Crippen LogP contribution in [0.4, 0.5) is 0 Å². The number of carbonyl (C=O) groups is 1. The zero-order valence-corrected chi connectivity index (χ0v) is 15.1. The van der Waals surface area contributed by atoms with Crippen LogP contribution in [0.2, 0.25) is 0 Å². The fourth-order valence-electron chi connectivity index (χ4n) is 4.01. The van der Waals surface area contributed by atoms with Gasteiger partial charge < -0.3 is 10.4 Å². The summed E-state index contributed by atoms with van der Waals surface area (Å²) in [6.07, 6.45) is 9.17. The van der Waals surface area contributed by atoms with Gasteiger partial charge in [0.05, 0.1) is 6.20 Å². The quantitative estimate of drug-likeness (QED) is 0.855. The van der Waals surface area contributed by atoms with Crippen molar-refractivity contribution in [2.24, 2.45) is 5.92 Å². The lowest BCUT2D eigenvalue weighted by molar-refractivity contribution is -0.0427. The molecule has 0 aliphatic heterocycles.